The van der Waals surface area contributed by atoms with E-state index >= 15 is 0 Å². The average Bonchev–Trinajstić information content (AvgIpc) is 2.39. The van der Waals surface area contributed by atoms with E-state index in [4.69, 9.17) is 4.74 Å². The van der Waals surface area contributed by atoms with Gasteiger partial charge in [-0.2, -0.15) is 0 Å². The molecule has 1 aromatic heterocycles. The van der Waals surface area contributed by atoms with Crippen LogP contribution in [0.1, 0.15) is 12.8 Å². The summed E-state index contributed by atoms with van der Waals surface area (Å²) in [5.74, 6) is 1.57. The molecule has 0 spiro atoms. The smallest absolute Gasteiger partial charge is 0.133 e. The van der Waals surface area contributed by atoms with E-state index in [1.165, 1.54) is 6.33 Å². The lowest BCUT2D eigenvalue weighted by atomic mass is 9.94. The minimum atomic E-state index is -0.683. The van der Waals surface area contributed by atoms with Gasteiger partial charge >= 0.3 is 0 Å². The third kappa shape index (κ3) is 3.08. The van der Waals surface area contributed by atoms with E-state index < -0.39 is 5.60 Å². The minimum absolute atomic E-state index is 0.552. The molecule has 1 aliphatic rings. The molecule has 6 nitrogen and oxygen atoms in total. The van der Waals surface area contributed by atoms with Crippen molar-refractivity contribution in [3.63, 3.8) is 0 Å². The van der Waals surface area contributed by atoms with Crippen molar-refractivity contribution in [3.8, 4) is 0 Å². The van der Waals surface area contributed by atoms with Crippen LogP contribution in [0, 0.1) is 0 Å². The van der Waals surface area contributed by atoms with E-state index in [1.807, 2.05) is 25.1 Å². The molecule has 0 bridgehead atoms. The van der Waals surface area contributed by atoms with E-state index in [1.54, 1.807) is 0 Å². The Morgan fingerprint density at radius 2 is 2.17 bits per heavy atom. The number of ether oxygens (including phenoxy) is 1. The maximum absolute atomic E-state index is 10.4. The van der Waals surface area contributed by atoms with Gasteiger partial charge in [0.1, 0.15) is 18.0 Å². The predicted octanol–water partition coefficient (Wildman–Crippen LogP) is 0.496. The van der Waals surface area contributed by atoms with Crippen molar-refractivity contribution in [2.45, 2.75) is 18.4 Å². The van der Waals surface area contributed by atoms with E-state index in [9.17, 15) is 5.11 Å². The number of nitrogens with zero attached hydrogens (tertiary/aromatic N) is 3. The molecular weight excluding hydrogens is 232 g/mol. The van der Waals surface area contributed by atoms with Gasteiger partial charge in [0.05, 0.1) is 5.60 Å². The largest absolute Gasteiger partial charge is 0.388 e. The quantitative estimate of drug-likeness (QED) is 0.813. The first-order chi connectivity index (χ1) is 8.63. The normalized spacial score (nSPS) is 18.4. The fraction of sp³-hybridized carbons (Fsp3) is 0.667. The Morgan fingerprint density at radius 1 is 1.44 bits per heavy atom. The molecule has 1 aromatic rings. The molecule has 18 heavy (non-hydrogen) atoms. The van der Waals surface area contributed by atoms with Crippen molar-refractivity contribution in [1.29, 1.82) is 0 Å². The van der Waals surface area contributed by atoms with Crippen LogP contribution >= 0.6 is 0 Å². The zero-order valence-corrected chi connectivity index (χ0v) is 10.9. The summed E-state index contributed by atoms with van der Waals surface area (Å²) in [5.41, 5.74) is -0.683. The van der Waals surface area contributed by atoms with Crippen LogP contribution in [-0.4, -0.2) is 54.5 Å². The number of likely N-dealkylation sites (N-methyl/N-ethyl adjacent to an activating group) is 1. The van der Waals surface area contributed by atoms with Crippen molar-refractivity contribution in [1.82, 2.24) is 9.97 Å². The molecule has 0 atom stereocenters. The lowest BCUT2D eigenvalue weighted by Gasteiger charge is -2.35. The fourth-order valence-corrected chi connectivity index (χ4v) is 2.12. The Balaban J connectivity index is 2.03. The van der Waals surface area contributed by atoms with Crippen LogP contribution in [0.3, 0.4) is 0 Å². The lowest BCUT2D eigenvalue weighted by Crippen LogP contribution is -2.46. The highest BCUT2D eigenvalue weighted by atomic mass is 16.5. The number of rotatable bonds is 4. The molecule has 6 heteroatoms. The molecule has 0 radical (unpaired) electrons. The van der Waals surface area contributed by atoms with Crippen LogP contribution in [0.15, 0.2) is 12.4 Å². The summed E-state index contributed by atoms with van der Waals surface area (Å²) < 4.78 is 5.27. The molecule has 1 aliphatic heterocycles. The number of aliphatic hydroxyl groups is 1. The van der Waals surface area contributed by atoms with Crippen molar-refractivity contribution >= 4 is 11.6 Å². The second-order valence-corrected chi connectivity index (χ2v) is 4.70. The molecule has 1 fully saturated rings. The first-order valence-corrected chi connectivity index (χ1v) is 6.14. The first-order valence-electron chi connectivity index (χ1n) is 6.14. The molecule has 0 aromatic carbocycles. The molecule has 0 amide bonds. The standard InChI is InChI=1S/C12H20N4O2/c1-13-10-7-11(15-9-14-10)16(2)8-12(17)3-5-18-6-4-12/h7,9,17H,3-6,8H2,1-2H3,(H,13,14,15). The summed E-state index contributed by atoms with van der Waals surface area (Å²) in [5, 5.41) is 13.4. The summed E-state index contributed by atoms with van der Waals surface area (Å²) in [4.78, 5) is 10.2. The Kier molecular flexibility index (Phi) is 3.98. The van der Waals surface area contributed by atoms with Gasteiger partial charge in [-0.05, 0) is 0 Å². The molecule has 100 valence electrons. The van der Waals surface area contributed by atoms with Gasteiger partial charge < -0.3 is 20.1 Å². The van der Waals surface area contributed by atoms with Gasteiger partial charge in [-0.1, -0.05) is 0 Å². The number of hydrogen-bond acceptors (Lipinski definition) is 6. The first kappa shape index (κ1) is 13.0. The van der Waals surface area contributed by atoms with Crippen LogP contribution < -0.4 is 10.2 Å². The van der Waals surface area contributed by atoms with Crippen LogP contribution in [0.25, 0.3) is 0 Å². The fourth-order valence-electron chi connectivity index (χ4n) is 2.12. The Labute approximate surface area is 107 Å². The maximum Gasteiger partial charge on any atom is 0.133 e. The third-order valence-electron chi connectivity index (χ3n) is 3.25. The van der Waals surface area contributed by atoms with Crippen LogP contribution in [0.5, 0.6) is 0 Å². The highest BCUT2D eigenvalue weighted by Crippen LogP contribution is 2.23. The molecule has 1 saturated heterocycles. The summed E-state index contributed by atoms with van der Waals surface area (Å²) in [6, 6.07) is 1.86. The minimum Gasteiger partial charge on any atom is -0.388 e. The topological polar surface area (TPSA) is 70.5 Å². The summed E-state index contributed by atoms with van der Waals surface area (Å²) in [7, 11) is 3.74. The molecule has 2 rings (SSSR count). The van der Waals surface area contributed by atoms with Gasteiger partial charge in [-0.15, -0.1) is 0 Å². The average molecular weight is 252 g/mol. The van der Waals surface area contributed by atoms with Gasteiger partial charge in [0.2, 0.25) is 0 Å². The Bertz CT molecular complexity index is 393. The van der Waals surface area contributed by atoms with Gasteiger partial charge in [-0.3, -0.25) is 0 Å². The summed E-state index contributed by atoms with van der Waals surface area (Å²) in [6.07, 6.45) is 2.86. The molecule has 0 unspecified atom stereocenters. The number of hydrogen-bond donors (Lipinski definition) is 2. The summed E-state index contributed by atoms with van der Waals surface area (Å²) in [6.45, 7) is 1.79. The van der Waals surface area contributed by atoms with Gasteiger partial charge in [0.25, 0.3) is 0 Å². The van der Waals surface area contributed by atoms with Gasteiger partial charge in [-0.25, -0.2) is 9.97 Å². The number of aromatic nitrogens is 2. The van der Waals surface area contributed by atoms with E-state index in [0.717, 1.165) is 11.6 Å². The molecule has 0 aliphatic carbocycles. The maximum atomic E-state index is 10.4. The zero-order valence-electron chi connectivity index (χ0n) is 10.9. The summed E-state index contributed by atoms with van der Waals surface area (Å²) >= 11 is 0. The Hall–Kier alpha value is -1.40. The lowest BCUT2D eigenvalue weighted by molar-refractivity contribution is -0.0573. The second kappa shape index (κ2) is 5.49. The van der Waals surface area contributed by atoms with Crippen LogP contribution in [-0.2, 0) is 4.74 Å². The Morgan fingerprint density at radius 3 is 2.83 bits per heavy atom. The van der Waals surface area contributed by atoms with E-state index in [-0.39, 0.29) is 0 Å². The van der Waals surface area contributed by atoms with Crippen molar-refractivity contribution < 1.29 is 9.84 Å². The molecule has 0 saturated carbocycles. The second-order valence-electron chi connectivity index (χ2n) is 4.70. The van der Waals surface area contributed by atoms with E-state index in [2.05, 4.69) is 15.3 Å². The molecule has 2 N–H and O–H groups in total. The van der Waals surface area contributed by atoms with Crippen LogP contribution in [0.2, 0.25) is 0 Å². The number of anilines is 2. The molecular formula is C12H20N4O2. The van der Waals surface area contributed by atoms with Crippen molar-refractivity contribution in [2.24, 2.45) is 0 Å². The van der Waals surface area contributed by atoms with Crippen molar-refractivity contribution in [2.75, 3.05) is 44.1 Å². The monoisotopic (exact) mass is 252 g/mol. The van der Waals surface area contributed by atoms with Gasteiger partial charge in [0.15, 0.2) is 0 Å². The third-order valence-corrected chi connectivity index (χ3v) is 3.25. The predicted molar refractivity (Wildman–Crippen MR) is 69.9 cm³/mol. The van der Waals surface area contributed by atoms with Crippen LogP contribution in [0.4, 0.5) is 11.6 Å². The SMILES string of the molecule is CNc1cc(N(C)CC2(O)CCOCC2)ncn1. The zero-order chi connectivity index (χ0) is 13.0. The van der Waals surface area contributed by atoms with Crippen molar-refractivity contribution in [3.05, 3.63) is 12.4 Å². The van der Waals surface area contributed by atoms with Gasteiger partial charge in [0, 0.05) is 52.8 Å². The highest BCUT2D eigenvalue weighted by molar-refractivity contribution is 5.47. The van der Waals surface area contributed by atoms with E-state index in [0.29, 0.717) is 32.6 Å². The molecule has 2 heterocycles. The number of nitrogens with one attached hydrogen (secondary N) is 1. The highest BCUT2D eigenvalue weighted by Gasteiger charge is 2.31.